The van der Waals surface area contributed by atoms with Crippen LogP contribution in [0.15, 0.2) is 18.3 Å². The lowest BCUT2D eigenvalue weighted by atomic mass is 10.2. The Bertz CT molecular complexity index is 408. The first-order valence-corrected chi connectivity index (χ1v) is 3.58. The smallest absolute Gasteiger partial charge is 0.121 e. The number of hydrogen-bond donors (Lipinski definition) is 2. The van der Waals surface area contributed by atoms with Crippen LogP contribution in [0.4, 0.5) is 5.69 Å². The van der Waals surface area contributed by atoms with Crippen LogP contribution in [0.25, 0.3) is 10.9 Å². The van der Waals surface area contributed by atoms with E-state index < -0.39 is 0 Å². The van der Waals surface area contributed by atoms with Crippen LogP contribution in [0.2, 0.25) is 0 Å². The Morgan fingerprint density at radius 1 is 1.50 bits per heavy atom. The first-order valence-electron chi connectivity index (χ1n) is 3.58. The molecule has 4 nitrogen and oxygen atoms in total. The van der Waals surface area contributed by atoms with Crippen molar-refractivity contribution in [1.82, 2.24) is 10.2 Å². The average molecular weight is 163 g/mol. The van der Waals surface area contributed by atoms with Gasteiger partial charge in [0.25, 0.3) is 0 Å². The van der Waals surface area contributed by atoms with Gasteiger partial charge in [-0.05, 0) is 6.07 Å². The highest BCUT2D eigenvalue weighted by atomic mass is 16.5. The topological polar surface area (TPSA) is 63.9 Å². The molecule has 2 rings (SSSR count). The molecule has 0 radical (unpaired) electrons. The molecule has 0 aliphatic carbocycles. The van der Waals surface area contributed by atoms with Crippen LogP contribution in [0.1, 0.15) is 0 Å². The third kappa shape index (κ3) is 0.887. The van der Waals surface area contributed by atoms with Crippen LogP contribution in [0, 0.1) is 0 Å². The van der Waals surface area contributed by atoms with E-state index in [0.29, 0.717) is 5.69 Å². The van der Waals surface area contributed by atoms with Crippen molar-refractivity contribution in [1.29, 1.82) is 0 Å². The van der Waals surface area contributed by atoms with Crippen LogP contribution in [-0.2, 0) is 0 Å². The lowest BCUT2D eigenvalue weighted by molar-refractivity contribution is 0.415. The zero-order chi connectivity index (χ0) is 8.55. The summed E-state index contributed by atoms with van der Waals surface area (Å²) >= 11 is 0. The third-order valence-electron chi connectivity index (χ3n) is 1.79. The number of aromatic nitrogens is 2. The first kappa shape index (κ1) is 6.97. The number of hydrogen-bond acceptors (Lipinski definition) is 3. The number of benzene rings is 1. The normalized spacial score (nSPS) is 10.4. The maximum absolute atomic E-state index is 5.73. The predicted molar refractivity (Wildman–Crippen MR) is 47.1 cm³/mol. The molecule has 1 aromatic carbocycles. The van der Waals surface area contributed by atoms with Crippen molar-refractivity contribution in [2.45, 2.75) is 0 Å². The van der Waals surface area contributed by atoms with Crippen molar-refractivity contribution in [3.05, 3.63) is 18.3 Å². The molecule has 0 amide bonds. The number of anilines is 1. The SMILES string of the molecule is COc1cc(N)c2[nH]ncc2c1. The number of nitrogen functional groups attached to an aromatic ring is 1. The van der Waals surface area contributed by atoms with E-state index in [9.17, 15) is 0 Å². The minimum absolute atomic E-state index is 0.654. The van der Waals surface area contributed by atoms with Crippen LogP contribution in [-0.4, -0.2) is 17.3 Å². The van der Waals surface area contributed by atoms with Crippen molar-refractivity contribution in [3.8, 4) is 5.75 Å². The quantitative estimate of drug-likeness (QED) is 0.620. The van der Waals surface area contributed by atoms with Crippen LogP contribution >= 0.6 is 0 Å². The van der Waals surface area contributed by atoms with E-state index in [4.69, 9.17) is 10.5 Å². The van der Waals surface area contributed by atoms with Gasteiger partial charge < -0.3 is 10.5 Å². The fourth-order valence-electron chi connectivity index (χ4n) is 1.17. The molecule has 0 aliphatic rings. The lowest BCUT2D eigenvalue weighted by Crippen LogP contribution is -1.89. The van der Waals surface area contributed by atoms with Crippen molar-refractivity contribution < 1.29 is 4.74 Å². The lowest BCUT2D eigenvalue weighted by Gasteiger charge is -2.01. The molecule has 0 saturated heterocycles. The standard InChI is InChI=1S/C8H9N3O/c1-12-6-2-5-4-10-11-8(5)7(9)3-6/h2-4H,9H2,1H3,(H,10,11). The number of H-pyrrole nitrogens is 1. The Kier molecular flexibility index (Phi) is 1.40. The minimum Gasteiger partial charge on any atom is -0.497 e. The van der Waals surface area contributed by atoms with Crippen molar-refractivity contribution in [2.24, 2.45) is 0 Å². The second kappa shape index (κ2) is 2.41. The Balaban J connectivity index is 2.75. The Morgan fingerprint density at radius 3 is 3.08 bits per heavy atom. The van der Waals surface area contributed by atoms with E-state index in [-0.39, 0.29) is 0 Å². The highest BCUT2D eigenvalue weighted by Crippen LogP contribution is 2.24. The maximum Gasteiger partial charge on any atom is 0.121 e. The largest absolute Gasteiger partial charge is 0.497 e. The molecule has 0 saturated carbocycles. The zero-order valence-corrected chi connectivity index (χ0v) is 6.66. The fourth-order valence-corrected chi connectivity index (χ4v) is 1.17. The molecule has 4 heteroatoms. The molecular weight excluding hydrogens is 154 g/mol. The number of nitrogens with two attached hydrogens (primary N) is 1. The molecule has 0 atom stereocenters. The Hall–Kier alpha value is -1.71. The molecule has 12 heavy (non-hydrogen) atoms. The number of nitrogens with zero attached hydrogens (tertiary/aromatic N) is 1. The molecule has 1 aromatic heterocycles. The summed E-state index contributed by atoms with van der Waals surface area (Å²) in [6, 6.07) is 3.65. The van der Waals surface area contributed by atoms with Gasteiger partial charge in [0.1, 0.15) is 5.75 Å². The second-order valence-electron chi connectivity index (χ2n) is 2.55. The van der Waals surface area contributed by atoms with Gasteiger partial charge in [-0.3, -0.25) is 5.10 Å². The molecule has 3 N–H and O–H groups in total. The van der Waals surface area contributed by atoms with E-state index in [0.717, 1.165) is 16.7 Å². The van der Waals surface area contributed by atoms with Gasteiger partial charge in [-0.1, -0.05) is 0 Å². The zero-order valence-electron chi connectivity index (χ0n) is 6.66. The number of rotatable bonds is 1. The van der Waals surface area contributed by atoms with Crippen molar-refractivity contribution in [2.75, 3.05) is 12.8 Å². The van der Waals surface area contributed by atoms with Gasteiger partial charge in [0.05, 0.1) is 24.5 Å². The molecule has 62 valence electrons. The molecule has 0 unspecified atom stereocenters. The predicted octanol–water partition coefficient (Wildman–Crippen LogP) is 1.15. The molecule has 1 heterocycles. The maximum atomic E-state index is 5.73. The summed E-state index contributed by atoms with van der Waals surface area (Å²) < 4.78 is 5.05. The van der Waals surface area contributed by atoms with E-state index in [1.165, 1.54) is 0 Å². The van der Waals surface area contributed by atoms with Gasteiger partial charge >= 0.3 is 0 Å². The summed E-state index contributed by atoms with van der Waals surface area (Å²) in [6.45, 7) is 0. The number of ether oxygens (including phenoxy) is 1. The van der Waals surface area contributed by atoms with Crippen LogP contribution in [0.5, 0.6) is 5.75 Å². The summed E-state index contributed by atoms with van der Waals surface area (Å²) in [4.78, 5) is 0. The highest BCUT2D eigenvalue weighted by molar-refractivity contribution is 5.90. The van der Waals surface area contributed by atoms with Crippen LogP contribution < -0.4 is 10.5 Å². The van der Waals surface area contributed by atoms with Crippen LogP contribution in [0.3, 0.4) is 0 Å². The second-order valence-corrected chi connectivity index (χ2v) is 2.55. The summed E-state index contributed by atoms with van der Waals surface area (Å²) in [5.41, 5.74) is 7.24. The number of nitrogens with one attached hydrogen (secondary N) is 1. The average Bonchev–Trinajstić information content (AvgIpc) is 2.52. The first-order chi connectivity index (χ1) is 5.81. The summed E-state index contributed by atoms with van der Waals surface area (Å²) in [7, 11) is 1.61. The number of aromatic amines is 1. The van der Waals surface area contributed by atoms with Gasteiger partial charge in [0.15, 0.2) is 0 Å². The Morgan fingerprint density at radius 2 is 2.33 bits per heavy atom. The number of fused-ring (bicyclic) bond motifs is 1. The van der Waals surface area contributed by atoms with Crippen molar-refractivity contribution >= 4 is 16.6 Å². The van der Waals surface area contributed by atoms with E-state index >= 15 is 0 Å². The van der Waals surface area contributed by atoms with Crippen molar-refractivity contribution in [3.63, 3.8) is 0 Å². The fraction of sp³-hybridized carbons (Fsp3) is 0.125. The van der Waals surface area contributed by atoms with E-state index in [1.54, 1.807) is 19.4 Å². The minimum atomic E-state index is 0.654. The summed E-state index contributed by atoms with van der Waals surface area (Å²) in [6.07, 6.45) is 1.72. The summed E-state index contributed by atoms with van der Waals surface area (Å²) in [5.74, 6) is 0.751. The molecule has 0 bridgehead atoms. The number of methoxy groups -OCH3 is 1. The van der Waals surface area contributed by atoms with Gasteiger partial charge in [0.2, 0.25) is 0 Å². The van der Waals surface area contributed by atoms with Gasteiger partial charge in [0, 0.05) is 11.5 Å². The van der Waals surface area contributed by atoms with E-state index in [2.05, 4.69) is 10.2 Å². The third-order valence-corrected chi connectivity index (χ3v) is 1.79. The molecule has 0 spiro atoms. The van der Waals surface area contributed by atoms with Gasteiger partial charge in [-0.15, -0.1) is 0 Å². The monoisotopic (exact) mass is 163 g/mol. The molecular formula is C8H9N3O. The summed E-state index contributed by atoms with van der Waals surface area (Å²) in [5, 5.41) is 7.65. The van der Waals surface area contributed by atoms with Gasteiger partial charge in [-0.2, -0.15) is 5.10 Å². The Labute approximate surface area is 69.3 Å². The highest BCUT2D eigenvalue weighted by Gasteiger charge is 2.02. The van der Waals surface area contributed by atoms with E-state index in [1.807, 2.05) is 6.07 Å². The molecule has 0 fully saturated rings. The molecule has 0 aliphatic heterocycles. The van der Waals surface area contributed by atoms with Gasteiger partial charge in [-0.25, -0.2) is 0 Å². The molecule has 2 aromatic rings.